The first-order valence-corrected chi connectivity index (χ1v) is 6.37. The fourth-order valence-electron chi connectivity index (χ4n) is 2.35. The molecule has 1 aliphatic carbocycles. The van der Waals surface area contributed by atoms with Gasteiger partial charge in [-0.25, -0.2) is 4.39 Å². The van der Waals surface area contributed by atoms with Gasteiger partial charge in [0.25, 0.3) is 0 Å². The van der Waals surface area contributed by atoms with Gasteiger partial charge in [0.05, 0.1) is 18.6 Å². The van der Waals surface area contributed by atoms with Gasteiger partial charge >= 0.3 is 0 Å². The zero-order valence-electron chi connectivity index (χ0n) is 10.2. The Kier molecular flexibility index (Phi) is 4.31. The Morgan fingerprint density at radius 2 is 2.06 bits per heavy atom. The van der Waals surface area contributed by atoms with E-state index in [4.69, 9.17) is 0 Å². The molecule has 1 fully saturated rings. The molecule has 0 aliphatic heterocycles. The second kappa shape index (κ2) is 5.96. The van der Waals surface area contributed by atoms with Gasteiger partial charge in [-0.3, -0.25) is 4.79 Å². The highest BCUT2D eigenvalue weighted by molar-refractivity contribution is 5.79. The van der Waals surface area contributed by atoms with Crippen molar-refractivity contribution in [3.05, 3.63) is 35.6 Å². The third-order valence-electron chi connectivity index (χ3n) is 3.38. The molecule has 2 rings (SSSR count). The maximum atomic E-state index is 13.4. The molecule has 2 atom stereocenters. The Balaban J connectivity index is 1.90. The molecule has 18 heavy (non-hydrogen) atoms. The molecule has 0 aromatic heterocycles. The van der Waals surface area contributed by atoms with Crippen molar-refractivity contribution in [2.24, 2.45) is 0 Å². The molecule has 1 aliphatic rings. The van der Waals surface area contributed by atoms with E-state index in [2.05, 4.69) is 5.32 Å². The van der Waals surface area contributed by atoms with Crippen LogP contribution in [0, 0.1) is 5.82 Å². The summed E-state index contributed by atoms with van der Waals surface area (Å²) in [5, 5.41) is 12.5. The number of carbonyl (C=O) groups excluding carboxylic acids is 1. The van der Waals surface area contributed by atoms with E-state index >= 15 is 0 Å². The lowest BCUT2D eigenvalue weighted by Crippen LogP contribution is -2.45. The number of nitrogens with one attached hydrogen (secondary N) is 1. The zero-order chi connectivity index (χ0) is 13.0. The van der Waals surface area contributed by atoms with Crippen LogP contribution in [-0.2, 0) is 11.2 Å². The van der Waals surface area contributed by atoms with Crippen LogP contribution in [0.15, 0.2) is 24.3 Å². The zero-order valence-corrected chi connectivity index (χ0v) is 10.2. The second-order valence-electron chi connectivity index (χ2n) is 4.79. The van der Waals surface area contributed by atoms with Gasteiger partial charge < -0.3 is 10.4 Å². The molecular formula is C14H18FNO2. The lowest BCUT2D eigenvalue weighted by atomic mass is 9.92. The Morgan fingerprint density at radius 1 is 1.33 bits per heavy atom. The number of rotatable bonds is 3. The minimum atomic E-state index is -0.469. The van der Waals surface area contributed by atoms with Crippen molar-refractivity contribution in [2.45, 2.75) is 44.2 Å². The van der Waals surface area contributed by atoms with Crippen molar-refractivity contribution in [2.75, 3.05) is 0 Å². The van der Waals surface area contributed by atoms with E-state index in [0.29, 0.717) is 5.56 Å². The molecule has 2 unspecified atom stereocenters. The van der Waals surface area contributed by atoms with Gasteiger partial charge in [0.15, 0.2) is 0 Å². The number of benzene rings is 1. The van der Waals surface area contributed by atoms with Crippen LogP contribution in [0.2, 0.25) is 0 Å². The van der Waals surface area contributed by atoms with Crippen molar-refractivity contribution in [3.63, 3.8) is 0 Å². The number of amides is 1. The lowest BCUT2D eigenvalue weighted by Gasteiger charge is -2.28. The van der Waals surface area contributed by atoms with Crippen LogP contribution in [0.1, 0.15) is 31.2 Å². The van der Waals surface area contributed by atoms with Crippen LogP contribution in [0.5, 0.6) is 0 Å². The Bertz CT molecular complexity index is 422. The van der Waals surface area contributed by atoms with E-state index in [0.717, 1.165) is 25.7 Å². The fraction of sp³-hybridized carbons (Fsp3) is 0.500. The van der Waals surface area contributed by atoms with Gasteiger partial charge in [-0.15, -0.1) is 0 Å². The summed E-state index contributed by atoms with van der Waals surface area (Å²) in [6.07, 6.45) is 3.09. The summed E-state index contributed by atoms with van der Waals surface area (Å²) in [4.78, 5) is 11.8. The Morgan fingerprint density at radius 3 is 2.78 bits per heavy atom. The third kappa shape index (κ3) is 3.29. The summed E-state index contributed by atoms with van der Waals surface area (Å²) >= 11 is 0. The van der Waals surface area contributed by atoms with Crippen LogP contribution in [0.3, 0.4) is 0 Å². The average Bonchev–Trinajstić information content (AvgIpc) is 2.35. The van der Waals surface area contributed by atoms with E-state index in [1.165, 1.54) is 6.07 Å². The van der Waals surface area contributed by atoms with Crippen molar-refractivity contribution >= 4 is 5.91 Å². The number of aliphatic hydroxyl groups is 1. The predicted octanol–water partition coefficient (Wildman–Crippen LogP) is 1.79. The van der Waals surface area contributed by atoms with Gasteiger partial charge in [0.2, 0.25) is 5.91 Å². The quantitative estimate of drug-likeness (QED) is 0.860. The molecule has 4 heteroatoms. The van der Waals surface area contributed by atoms with E-state index in [-0.39, 0.29) is 24.2 Å². The summed E-state index contributed by atoms with van der Waals surface area (Å²) in [6, 6.07) is 6.07. The highest BCUT2D eigenvalue weighted by Gasteiger charge is 2.24. The molecule has 1 aromatic carbocycles. The SMILES string of the molecule is O=C(Cc1ccccc1F)NC1CCCCC1O. The highest BCUT2D eigenvalue weighted by Crippen LogP contribution is 2.18. The molecule has 1 amide bonds. The monoisotopic (exact) mass is 251 g/mol. The summed E-state index contributed by atoms with van der Waals surface area (Å²) < 4.78 is 13.4. The number of carbonyl (C=O) groups is 1. The first-order chi connectivity index (χ1) is 8.66. The number of hydrogen-bond donors (Lipinski definition) is 2. The Labute approximate surface area is 106 Å². The minimum Gasteiger partial charge on any atom is -0.391 e. The topological polar surface area (TPSA) is 49.3 Å². The second-order valence-corrected chi connectivity index (χ2v) is 4.79. The number of halogens is 1. The molecular weight excluding hydrogens is 233 g/mol. The summed E-state index contributed by atoms with van der Waals surface area (Å²) in [7, 11) is 0. The van der Waals surface area contributed by atoms with E-state index in [1.54, 1.807) is 18.2 Å². The van der Waals surface area contributed by atoms with Crippen LogP contribution < -0.4 is 5.32 Å². The normalized spacial score (nSPS) is 23.7. The van der Waals surface area contributed by atoms with Crippen molar-refractivity contribution in [1.29, 1.82) is 0 Å². The molecule has 98 valence electrons. The molecule has 1 saturated carbocycles. The molecule has 3 nitrogen and oxygen atoms in total. The van der Waals surface area contributed by atoms with Gasteiger partial charge in [-0.2, -0.15) is 0 Å². The van der Waals surface area contributed by atoms with Gasteiger partial charge in [0.1, 0.15) is 5.82 Å². The third-order valence-corrected chi connectivity index (χ3v) is 3.38. The number of aliphatic hydroxyl groups excluding tert-OH is 1. The van der Waals surface area contributed by atoms with Gasteiger partial charge in [-0.1, -0.05) is 31.0 Å². The van der Waals surface area contributed by atoms with E-state index in [1.807, 2.05) is 0 Å². The minimum absolute atomic E-state index is 0.0237. The smallest absolute Gasteiger partial charge is 0.224 e. The summed E-state index contributed by atoms with van der Waals surface area (Å²) in [6.45, 7) is 0. The van der Waals surface area contributed by atoms with Gasteiger partial charge in [-0.05, 0) is 24.5 Å². The van der Waals surface area contributed by atoms with E-state index < -0.39 is 6.10 Å². The molecule has 0 bridgehead atoms. The Hall–Kier alpha value is -1.42. The summed E-state index contributed by atoms with van der Waals surface area (Å²) in [5.41, 5.74) is 0.389. The van der Waals surface area contributed by atoms with Crippen molar-refractivity contribution in [1.82, 2.24) is 5.32 Å². The van der Waals surface area contributed by atoms with Gasteiger partial charge in [0, 0.05) is 0 Å². The van der Waals surface area contributed by atoms with Crippen LogP contribution in [0.25, 0.3) is 0 Å². The molecule has 0 spiro atoms. The average molecular weight is 251 g/mol. The molecule has 0 radical (unpaired) electrons. The summed E-state index contributed by atoms with van der Waals surface area (Å²) in [5.74, 6) is -0.595. The molecule has 0 saturated heterocycles. The maximum Gasteiger partial charge on any atom is 0.224 e. The predicted molar refractivity (Wildman–Crippen MR) is 66.5 cm³/mol. The molecule has 2 N–H and O–H groups in total. The van der Waals surface area contributed by atoms with Crippen LogP contribution >= 0.6 is 0 Å². The number of hydrogen-bond acceptors (Lipinski definition) is 2. The van der Waals surface area contributed by atoms with Crippen molar-refractivity contribution < 1.29 is 14.3 Å². The van der Waals surface area contributed by atoms with Crippen LogP contribution in [0.4, 0.5) is 4.39 Å². The molecule has 0 heterocycles. The molecule has 1 aromatic rings. The first-order valence-electron chi connectivity index (χ1n) is 6.37. The lowest BCUT2D eigenvalue weighted by molar-refractivity contribution is -0.122. The van der Waals surface area contributed by atoms with E-state index in [9.17, 15) is 14.3 Å². The first kappa shape index (κ1) is 13.0. The standard InChI is InChI=1S/C14H18FNO2/c15-11-6-2-1-5-10(11)9-14(18)16-12-7-3-4-8-13(12)17/h1-2,5-6,12-13,17H,3-4,7-9H2,(H,16,18). The van der Waals surface area contributed by atoms with Crippen LogP contribution in [-0.4, -0.2) is 23.2 Å². The van der Waals surface area contributed by atoms with Crippen molar-refractivity contribution in [3.8, 4) is 0 Å². The largest absolute Gasteiger partial charge is 0.391 e. The fourth-order valence-corrected chi connectivity index (χ4v) is 2.35. The maximum absolute atomic E-state index is 13.4. The highest BCUT2D eigenvalue weighted by atomic mass is 19.1.